The van der Waals surface area contributed by atoms with Gasteiger partial charge in [0.05, 0.1) is 6.04 Å². The second kappa shape index (κ2) is 7.99. The van der Waals surface area contributed by atoms with Gasteiger partial charge in [-0.15, -0.1) is 11.3 Å². The number of amides is 1. The van der Waals surface area contributed by atoms with E-state index in [0.29, 0.717) is 10.8 Å². The fraction of sp³-hybridized carbons (Fsp3) is 0.105. The number of ether oxygens (including phenoxy) is 1. The second-order valence-corrected chi connectivity index (χ2v) is 6.58. The normalized spacial score (nSPS) is 11.7. The van der Waals surface area contributed by atoms with Crippen LogP contribution in [-0.4, -0.2) is 12.5 Å². The van der Waals surface area contributed by atoms with Crippen molar-refractivity contribution in [1.82, 2.24) is 5.32 Å². The van der Waals surface area contributed by atoms with Gasteiger partial charge in [-0.3, -0.25) is 4.79 Å². The van der Waals surface area contributed by atoms with E-state index in [9.17, 15) is 4.79 Å². The standard InChI is InChI=1S/C19H16ClNO2S/c20-15-8-10-16(11-9-15)23-13-18(22)21-19(17-7-4-12-24-17)14-5-2-1-3-6-14/h1-12,19H,13H2,(H,21,22)/t19-/m0/s1. The van der Waals surface area contributed by atoms with Crippen molar-refractivity contribution in [1.29, 1.82) is 0 Å². The molecule has 0 radical (unpaired) electrons. The molecular formula is C19H16ClNO2S. The van der Waals surface area contributed by atoms with Gasteiger partial charge in [0.15, 0.2) is 6.61 Å². The summed E-state index contributed by atoms with van der Waals surface area (Å²) in [6.45, 7) is -0.0453. The first-order chi connectivity index (χ1) is 11.7. The Morgan fingerprint density at radius 1 is 1.04 bits per heavy atom. The van der Waals surface area contributed by atoms with Crippen molar-refractivity contribution >= 4 is 28.8 Å². The summed E-state index contributed by atoms with van der Waals surface area (Å²) < 4.78 is 5.51. The van der Waals surface area contributed by atoms with Crippen LogP contribution in [0.4, 0.5) is 0 Å². The van der Waals surface area contributed by atoms with Crippen LogP contribution in [0.1, 0.15) is 16.5 Å². The van der Waals surface area contributed by atoms with Gasteiger partial charge in [-0.2, -0.15) is 0 Å². The van der Waals surface area contributed by atoms with Gasteiger partial charge < -0.3 is 10.1 Å². The molecule has 3 aromatic rings. The van der Waals surface area contributed by atoms with E-state index in [1.165, 1.54) is 0 Å². The van der Waals surface area contributed by atoms with E-state index in [1.54, 1.807) is 35.6 Å². The van der Waals surface area contributed by atoms with Crippen LogP contribution in [0.15, 0.2) is 72.1 Å². The molecule has 0 aliphatic carbocycles. The molecule has 1 N–H and O–H groups in total. The van der Waals surface area contributed by atoms with Gasteiger partial charge in [-0.1, -0.05) is 48.0 Å². The summed E-state index contributed by atoms with van der Waals surface area (Å²) in [6, 6.07) is 20.7. The van der Waals surface area contributed by atoms with Gasteiger partial charge in [-0.25, -0.2) is 0 Å². The first-order valence-electron chi connectivity index (χ1n) is 7.48. The predicted molar refractivity (Wildman–Crippen MR) is 97.7 cm³/mol. The van der Waals surface area contributed by atoms with Gasteiger partial charge in [0.2, 0.25) is 0 Å². The van der Waals surface area contributed by atoms with Crippen LogP contribution in [0, 0.1) is 0 Å². The molecule has 0 aliphatic heterocycles. The maximum absolute atomic E-state index is 12.3. The molecule has 1 amide bonds. The molecule has 0 spiro atoms. The molecule has 3 nitrogen and oxygen atoms in total. The summed E-state index contributed by atoms with van der Waals surface area (Å²) in [5.74, 6) is 0.439. The molecule has 122 valence electrons. The Balaban J connectivity index is 1.66. The molecule has 0 unspecified atom stereocenters. The van der Waals surface area contributed by atoms with Crippen LogP contribution in [0.25, 0.3) is 0 Å². The van der Waals surface area contributed by atoms with Crippen molar-refractivity contribution in [2.75, 3.05) is 6.61 Å². The molecule has 2 aromatic carbocycles. The quantitative estimate of drug-likeness (QED) is 0.695. The Hall–Kier alpha value is -2.30. The average Bonchev–Trinajstić information content (AvgIpc) is 3.14. The van der Waals surface area contributed by atoms with Crippen molar-refractivity contribution in [2.24, 2.45) is 0 Å². The zero-order valence-corrected chi connectivity index (χ0v) is 14.4. The number of halogens is 1. The summed E-state index contributed by atoms with van der Waals surface area (Å²) >= 11 is 7.45. The summed E-state index contributed by atoms with van der Waals surface area (Å²) in [7, 11) is 0. The van der Waals surface area contributed by atoms with E-state index in [0.717, 1.165) is 10.4 Å². The number of carbonyl (C=O) groups excluding carboxylic acids is 1. The third kappa shape index (κ3) is 4.37. The lowest BCUT2D eigenvalue weighted by Crippen LogP contribution is -2.32. The van der Waals surface area contributed by atoms with Crippen molar-refractivity contribution in [3.8, 4) is 5.75 Å². The summed E-state index contributed by atoms with van der Waals surface area (Å²) in [4.78, 5) is 13.4. The second-order valence-electron chi connectivity index (χ2n) is 5.17. The number of benzene rings is 2. The molecule has 3 rings (SSSR count). The number of hydrogen-bond donors (Lipinski definition) is 1. The third-order valence-corrected chi connectivity index (χ3v) is 4.64. The highest BCUT2D eigenvalue weighted by molar-refractivity contribution is 7.10. The lowest BCUT2D eigenvalue weighted by molar-refractivity contribution is -0.123. The molecule has 0 saturated heterocycles. The Bertz CT molecular complexity index is 773. The molecule has 0 fully saturated rings. The van der Waals surface area contributed by atoms with Crippen LogP contribution < -0.4 is 10.1 Å². The number of hydrogen-bond acceptors (Lipinski definition) is 3. The number of thiophene rings is 1. The van der Waals surface area contributed by atoms with E-state index >= 15 is 0 Å². The molecule has 1 heterocycles. The van der Waals surface area contributed by atoms with Gasteiger partial charge in [0, 0.05) is 9.90 Å². The van der Waals surface area contributed by atoms with Gasteiger partial charge in [0.25, 0.3) is 5.91 Å². The number of nitrogens with one attached hydrogen (secondary N) is 1. The van der Waals surface area contributed by atoms with Crippen LogP contribution >= 0.6 is 22.9 Å². The van der Waals surface area contributed by atoms with Crippen molar-refractivity contribution in [2.45, 2.75) is 6.04 Å². The van der Waals surface area contributed by atoms with E-state index < -0.39 is 0 Å². The molecule has 0 aliphatic rings. The zero-order valence-electron chi connectivity index (χ0n) is 12.8. The average molecular weight is 358 g/mol. The summed E-state index contributed by atoms with van der Waals surface area (Å²) in [5, 5.41) is 5.67. The highest BCUT2D eigenvalue weighted by atomic mass is 35.5. The van der Waals surface area contributed by atoms with Crippen LogP contribution in [0.2, 0.25) is 5.02 Å². The SMILES string of the molecule is O=C(COc1ccc(Cl)cc1)N[C@@H](c1ccccc1)c1cccs1. The minimum absolute atomic E-state index is 0.0453. The lowest BCUT2D eigenvalue weighted by Gasteiger charge is -2.18. The topological polar surface area (TPSA) is 38.3 Å². The molecule has 0 saturated carbocycles. The fourth-order valence-electron chi connectivity index (χ4n) is 2.30. The highest BCUT2D eigenvalue weighted by Crippen LogP contribution is 2.25. The van der Waals surface area contributed by atoms with Gasteiger partial charge >= 0.3 is 0 Å². The molecule has 1 atom stereocenters. The Kier molecular flexibility index (Phi) is 5.51. The van der Waals surface area contributed by atoms with E-state index in [1.807, 2.05) is 47.8 Å². The molecular weight excluding hydrogens is 342 g/mol. The Morgan fingerprint density at radius 3 is 2.46 bits per heavy atom. The van der Waals surface area contributed by atoms with Crippen LogP contribution in [0.5, 0.6) is 5.75 Å². The minimum atomic E-state index is -0.174. The van der Waals surface area contributed by atoms with Gasteiger partial charge in [-0.05, 0) is 41.3 Å². The lowest BCUT2D eigenvalue weighted by atomic mass is 10.1. The molecule has 5 heteroatoms. The van der Waals surface area contributed by atoms with Crippen molar-refractivity contribution < 1.29 is 9.53 Å². The van der Waals surface area contributed by atoms with Crippen LogP contribution in [0.3, 0.4) is 0 Å². The summed E-state index contributed by atoms with van der Waals surface area (Å²) in [6.07, 6.45) is 0. The smallest absolute Gasteiger partial charge is 0.258 e. The van der Waals surface area contributed by atoms with Crippen molar-refractivity contribution in [3.63, 3.8) is 0 Å². The van der Waals surface area contributed by atoms with Crippen molar-refractivity contribution in [3.05, 3.63) is 87.6 Å². The van der Waals surface area contributed by atoms with Gasteiger partial charge in [0.1, 0.15) is 5.75 Å². The summed E-state index contributed by atoms with van der Waals surface area (Å²) in [5.41, 5.74) is 1.04. The number of carbonyl (C=O) groups is 1. The van der Waals surface area contributed by atoms with E-state index in [4.69, 9.17) is 16.3 Å². The Morgan fingerprint density at radius 2 is 1.79 bits per heavy atom. The highest BCUT2D eigenvalue weighted by Gasteiger charge is 2.17. The van der Waals surface area contributed by atoms with E-state index in [-0.39, 0.29) is 18.6 Å². The Labute approximate surface area is 149 Å². The maximum Gasteiger partial charge on any atom is 0.258 e. The van der Waals surface area contributed by atoms with E-state index in [2.05, 4.69) is 5.32 Å². The monoisotopic (exact) mass is 357 g/mol. The molecule has 1 aromatic heterocycles. The molecule has 24 heavy (non-hydrogen) atoms. The largest absolute Gasteiger partial charge is 0.484 e. The fourth-order valence-corrected chi connectivity index (χ4v) is 3.23. The maximum atomic E-state index is 12.3. The molecule has 0 bridgehead atoms. The predicted octanol–water partition coefficient (Wildman–Crippen LogP) is 4.69. The minimum Gasteiger partial charge on any atom is -0.484 e. The van der Waals surface area contributed by atoms with Crippen LogP contribution in [-0.2, 0) is 4.79 Å². The third-order valence-electron chi connectivity index (χ3n) is 3.45. The zero-order chi connectivity index (χ0) is 16.8. The number of rotatable bonds is 6. The first-order valence-corrected chi connectivity index (χ1v) is 8.74. The first kappa shape index (κ1) is 16.6.